The maximum Gasteiger partial charge on any atom is 0.269 e. The summed E-state index contributed by atoms with van der Waals surface area (Å²) in [5, 5.41) is 2.88. The molecule has 0 aromatic carbocycles. The van der Waals surface area contributed by atoms with Gasteiger partial charge in [0.1, 0.15) is 10.8 Å². The third kappa shape index (κ3) is 4.27. The van der Waals surface area contributed by atoms with Gasteiger partial charge in [0.05, 0.1) is 0 Å². The van der Waals surface area contributed by atoms with Crippen LogP contribution < -0.4 is 11.1 Å². The highest BCUT2D eigenvalue weighted by Crippen LogP contribution is 2.04. The van der Waals surface area contributed by atoms with E-state index in [4.69, 9.17) is 17.3 Å². The average Bonchev–Trinajstić information content (AvgIpc) is 2.24. The van der Waals surface area contributed by atoms with Crippen LogP contribution in [0.4, 0.5) is 0 Å². The molecule has 0 aliphatic carbocycles. The van der Waals surface area contributed by atoms with Crippen LogP contribution in [0.25, 0.3) is 0 Å². The summed E-state index contributed by atoms with van der Waals surface area (Å²) in [4.78, 5) is 25.8. The second-order valence-corrected chi connectivity index (χ2v) is 3.56. The van der Waals surface area contributed by atoms with Gasteiger partial charge in [-0.25, -0.2) is 4.98 Å². The molecule has 3 N–H and O–H groups in total. The number of amides is 2. The SMILES string of the molecule is NC(=O)CCCNC(=O)c1cccc(Cl)n1. The molecule has 0 spiro atoms. The predicted octanol–water partition coefficient (Wildman–Crippen LogP) is 0.730. The number of nitrogens with two attached hydrogens (primary N) is 1. The fourth-order valence-electron chi connectivity index (χ4n) is 1.09. The van der Waals surface area contributed by atoms with Crippen LogP contribution in [0.2, 0.25) is 5.15 Å². The van der Waals surface area contributed by atoms with Gasteiger partial charge in [0.2, 0.25) is 5.91 Å². The molecule has 2 amide bonds. The number of primary amides is 1. The van der Waals surface area contributed by atoms with Crippen molar-refractivity contribution in [3.8, 4) is 0 Å². The highest BCUT2D eigenvalue weighted by molar-refractivity contribution is 6.29. The number of nitrogens with one attached hydrogen (secondary N) is 1. The number of nitrogens with zero attached hydrogens (tertiary/aromatic N) is 1. The van der Waals surface area contributed by atoms with Gasteiger partial charge in [-0.05, 0) is 18.6 Å². The molecule has 16 heavy (non-hydrogen) atoms. The summed E-state index contributed by atoms with van der Waals surface area (Å²) in [6.45, 7) is 0.385. The van der Waals surface area contributed by atoms with E-state index in [0.717, 1.165) is 0 Å². The van der Waals surface area contributed by atoms with E-state index in [2.05, 4.69) is 10.3 Å². The first kappa shape index (κ1) is 12.4. The quantitative estimate of drug-likeness (QED) is 0.589. The van der Waals surface area contributed by atoms with E-state index in [1.165, 1.54) is 0 Å². The number of pyridine rings is 1. The van der Waals surface area contributed by atoms with Gasteiger partial charge >= 0.3 is 0 Å². The first-order valence-electron chi connectivity index (χ1n) is 4.78. The lowest BCUT2D eigenvalue weighted by Crippen LogP contribution is -2.26. The van der Waals surface area contributed by atoms with Crippen molar-refractivity contribution >= 4 is 23.4 Å². The van der Waals surface area contributed by atoms with Crippen LogP contribution in [0.15, 0.2) is 18.2 Å². The Kier molecular flexibility index (Phi) is 4.72. The number of carbonyl (C=O) groups is 2. The molecule has 1 rings (SSSR count). The Morgan fingerprint density at radius 1 is 1.44 bits per heavy atom. The van der Waals surface area contributed by atoms with Gasteiger partial charge < -0.3 is 11.1 Å². The van der Waals surface area contributed by atoms with Crippen LogP contribution in [-0.4, -0.2) is 23.3 Å². The Hall–Kier alpha value is -1.62. The molecule has 86 valence electrons. The fourth-order valence-corrected chi connectivity index (χ4v) is 1.25. The molecular weight excluding hydrogens is 230 g/mol. The second-order valence-electron chi connectivity index (χ2n) is 3.17. The van der Waals surface area contributed by atoms with Crippen molar-refractivity contribution in [2.45, 2.75) is 12.8 Å². The molecule has 1 heterocycles. The largest absolute Gasteiger partial charge is 0.370 e. The zero-order valence-corrected chi connectivity index (χ0v) is 9.33. The normalized spacial score (nSPS) is 9.81. The summed E-state index contributed by atoms with van der Waals surface area (Å²) < 4.78 is 0. The van der Waals surface area contributed by atoms with Crippen molar-refractivity contribution in [3.63, 3.8) is 0 Å². The molecule has 0 aliphatic rings. The van der Waals surface area contributed by atoms with Gasteiger partial charge in [-0.1, -0.05) is 17.7 Å². The van der Waals surface area contributed by atoms with E-state index >= 15 is 0 Å². The molecule has 0 aliphatic heterocycles. The van der Waals surface area contributed by atoms with Gasteiger partial charge in [-0.3, -0.25) is 9.59 Å². The van der Waals surface area contributed by atoms with Gasteiger partial charge in [-0.2, -0.15) is 0 Å². The molecule has 6 heteroatoms. The molecule has 0 fully saturated rings. The molecular formula is C10H12ClN3O2. The second kappa shape index (κ2) is 6.07. The van der Waals surface area contributed by atoms with Crippen LogP contribution in [0, 0.1) is 0 Å². The maximum absolute atomic E-state index is 11.5. The number of halogens is 1. The molecule has 0 saturated carbocycles. The summed E-state index contributed by atoms with van der Waals surface area (Å²) in [7, 11) is 0. The molecule has 1 aromatic rings. The summed E-state index contributed by atoms with van der Waals surface area (Å²) in [6.07, 6.45) is 0.769. The van der Waals surface area contributed by atoms with E-state index in [9.17, 15) is 9.59 Å². The molecule has 1 aromatic heterocycles. The smallest absolute Gasteiger partial charge is 0.269 e. The van der Waals surface area contributed by atoms with E-state index in [1.807, 2.05) is 0 Å². The van der Waals surface area contributed by atoms with Gasteiger partial charge in [0, 0.05) is 13.0 Å². The van der Waals surface area contributed by atoms with Crippen LogP contribution in [0.5, 0.6) is 0 Å². The minimum absolute atomic E-state index is 0.253. The monoisotopic (exact) mass is 241 g/mol. The Bertz CT molecular complexity index is 395. The summed E-state index contributed by atoms with van der Waals surface area (Å²) in [5.74, 6) is -0.693. The third-order valence-electron chi connectivity index (χ3n) is 1.83. The Balaban J connectivity index is 2.38. The van der Waals surface area contributed by atoms with E-state index < -0.39 is 0 Å². The van der Waals surface area contributed by atoms with Gasteiger partial charge in [-0.15, -0.1) is 0 Å². The van der Waals surface area contributed by atoms with E-state index in [1.54, 1.807) is 18.2 Å². The van der Waals surface area contributed by atoms with Crippen molar-refractivity contribution in [2.24, 2.45) is 5.73 Å². The number of carbonyl (C=O) groups excluding carboxylic acids is 2. The van der Waals surface area contributed by atoms with Gasteiger partial charge in [0.15, 0.2) is 0 Å². The first-order valence-corrected chi connectivity index (χ1v) is 5.16. The molecule has 0 bridgehead atoms. The molecule has 5 nitrogen and oxygen atoms in total. The van der Waals surface area contributed by atoms with Crippen LogP contribution in [-0.2, 0) is 4.79 Å². The third-order valence-corrected chi connectivity index (χ3v) is 2.04. The highest BCUT2D eigenvalue weighted by atomic mass is 35.5. The van der Waals surface area contributed by atoms with Crippen molar-refractivity contribution in [2.75, 3.05) is 6.54 Å². The molecule has 0 unspecified atom stereocenters. The number of aromatic nitrogens is 1. The minimum atomic E-state index is -0.380. The average molecular weight is 242 g/mol. The van der Waals surface area contributed by atoms with Crippen LogP contribution in [0.1, 0.15) is 23.3 Å². The lowest BCUT2D eigenvalue weighted by atomic mass is 10.3. The molecule has 0 saturated heterocycles. The maximum atomic E-state index is 11.5. The summed E-state index contributed by atoms with van der Waals surface area (Å²) in [5.41, 5.74) is 5.21. The Morgan fingerprint density at radius 2 is 2.19 bits per heavy atom. The standard InChI is InChI=1S/C10H12ClN3O2/c11-8-4-1-3-7(14-8)10(16)13-6-2-5-9(12)15/h1,3-4H,2,5-6H2,(H2,12,15)(H,13,16). The van der Waals surface area contributed by atoms with E-state index in [-0.39, 0.29) is 29.1 Å². The van der Waals surface area contributed by atoms with Crippen molar-refractivity contribution in [1.29, 1.82) is 0 Å². The van der Waals surface area contributed by atoms with E-state index in [0.29, 0.717) is 13.0 Å². The van der Waals surface area contributed by atoms with Crippen molar-refractivity contribution < 1.29 is 9.59 Å². The first-order chi connectivity index (χ1) is 7.59. The predicted molar refractivity (Wildman–Crippen MR) is 60.0 cm³/mol. The van der Waals surface area contributed by atoms with Gasteiger partial charge in [0.25, 0.3) is 5.91 Å². The number of rotatable bonds is 5. The molecule has 0 radical (unpaired) electrons. The van der Waals surface area contributed by atoms with Crippen molar-refractivity contribution in [1.82, 2.24) is 10.3 Å². The Labute approximate surface area is 98.0 Å². The highest BCUT2D eigenvalue weighted by Gasteiger charge is 2.06. The van der Waals surface area contributed by atoms with Crippen LogP contribution in [0.3, 0.4) is 0 Å². The topological polar surface area (TPSA) is 85.1 Å². The summed E-state index contributed by atoms with van der Waals surface area (Å²) in [6, 6.07) is 4.80. The zero-order chi connectivity index (χ0) is 12.0. The summed E-state index contributed by atoms with van der Waals surface area (Å²) >= 11 is 5.64. The number of hydrogen-bond donors (Lipinski definition) is 2. The lowest BCUT2D eigenvalue weighted by molar-refractivity contribution is -0.118. The molecule has 0 atom stereocenters. The van der Waals surface area contributed by atoms with Crippen LogP contribution >= 0.6 is 11.6 Å². The zero-order valence-electron chi connectivity index (χ0n) is 8.57. The van der Waals surface area contributed by atoms with Crippen molar-refractivity contribution in [3.05, 3.63) is 29.0 Å². The minimum Gasteiger partial charge on any atom is -0.370 e. The Morgan fingerprint density at radius 3 is 2.81 bits per heavy atom. The number of hydrogen-bond acceptors (Lipinski definition) is 3. The fraction of sp³-hybridized carbons (Fsp3) is 0.300. The lowest BCUT2D eigenvalue weighted by Gasteiger charge is -2.03.